The fourth-order valence-corrected chi connectivity index (χ4v) is 3.39. The van der Waals surface area contributed by atoms with Crippen molar-refractivity contribution in [3.63, 3.8) is 0 Å². The summed E-state index contributed by atoms with van der Waals surface area (Å²) < 4.78 is 41.5. The summed E-state index contributed by atoms with van der Waals surface area (Å²) in [6.07, 6.45) is 0. The number of benzene rings is 2. The molecule has 0 saturated carbocycles. The highest BCUT2D eigenvalue weighted by atomic mass is 35.7. The van der Waals surface area contributed by atoms with Crippen molar-refractivity contribution in [3.8, 4) is 5.75 Å². The van der Waals surface area contributed by atoms with Gasteiger partial charge in [-0.1, -0.05) is 30.3 Å². The molecule has 0 radical (unpaired) electrons. The lowest BCUT2D eigenvalue weighted by molar-refractivity contribution is -2.00. The standard InChI is InChI=1S/C19H23N2O.ClHO4/c1-14-18(15-8-6-5-7-9-15)21(19(14)20(2)3)16-10-12-17(22-4)13-11-16;2-1(3,4)5/h5-14,18H,1-4H3;(H,2,3,4,5)/q+1;/p-1/t14-,18-;/m0./s1. The first-order valence-corrected chi connectivity index (χ1v) is 9.51. The number of halogens is 1. The molecular formula is C19H23ClN2O5. The van der Waals surface area contributed by atoms with Gasteiger partial charge in [-0.15, -0.1) is 10.2 Å². The molecule has 0 spiro atoms. The Bertz CT molecular complexity index is 765. The molecule has 3 rings (SSSR count). The second-order valence-corrected chi connectivity index (χ2v) is 7.10. The van der Waals surface area contributed by atoms with Gasteiger partial charge in [-0.2, -0.15) is 0 Å². The van der Waals surface area contributed by atoms with Crippen LogP contribution in [0.1, 0.15) is 18.5 Å². The molecule has 1 fully saturated rings. The Morgan fingerprint density at radius 2 is 1.44 bits per heavy atom. The summed E-state index contributed by atoms with van der Waals surface area (Å²) in [5.41, 5.74) is 2.56. The summed E-state index contributed by atoms with van der Waals surface area (Å²) in [7, 11) is 0.984. The van der Waals surface area contributed by atoms with Gasteiger partial charge in [0.1, 0.15) is 23.4 Å². The average molecular weight is 395 g/mol. The second kappa shape index (κ2) is 8.69. The molecule has 0 N–H and O–H groups in total. The van der Waals surface area contributed by atoms with Crippen molar-refractivity contribution in [2.45, 2.75) is 13.0 Å². The monoisotopic (exact) mass is 394 g/mol. The molecule has 0 aromatic heterocycles. The molecule has 1 aliphatic heterocycles. The molecule has 0 aliphatic carbocycles. The van der Waals surface area contributed by atoms with E-state index in [9.17, 15) is 0 Å². The first-order chi connectivity index (χ1) is 12.6. The van der Waals surface area contributed by atoms with E-state index in [-0.39, 0.29) is 0 Å². The summed E-state index contributed by atoms with van der Waals surface area (Å²) in [5, 5.41) is 0. The van der Waals surface area contributed by atoms with Crippen LogP contribution in [-0.4, -0.2) is 31.6 Å². The van der Waals surface area contributed by atoms with Crippen LogP contribution in [0.5, 0.6) is 5.75 Å². The summed E-state index contributed by atoms with van der Waals surface area (Å²) in [6, 6.07) is 19.4. The van der Waals surface area contributed by atoms with Crippen molar-refractivity contribution in [2.24, 2.45) is 5.92 Å². The quantitative estimate of drug-likeness (QED) is 0.605. The smallest absolute Gasteiger partial charge is 0.259 e. The molecule has 1 aliphatic rings. The molecular weight excluding hydrogens is 372 g/mol. The topological polar surface area (TPSA) is 108 Å². The molecule has 0 bridgehead atoms. The van der Waals surface area contributed by atoms with Crippen LogP contribution in [0.3, 0.4) is 0 Å². The number of anilines is 1. The Morgan fingerprint density at radius 1 is 0.926 bits per heavy atom. The predicted molar refractivity (Wildman–Crippen MR) is 90.9 cm³/mol. The van der Waals surface area contributed by atoms with Crippen molar-refractivity contribution < 1.29 is 38.2 Å². The Morgan fingerprint density at radius 3 is 1.89 bits per heavy atom. The molecule has 2 aromatic rings. The lowest BCUT2D eigenvalue weighted by Crippen LogP contribution is -2.68. The molecule has 1 heterocycles. The molecule has 1 saturated heterocycles. The van der Waals surface area contributed by atoms with Crippen molar-refractivity contribution >= 4 is 11.5 Å². The van der Waals surface area contributed by atoms with Gasteiger partial charge in [0, 0.05) is 0 Å². The highest BCUT2D eigenvalue weighted by Gasteiger charge is 2.52. The highest BCUT2D eigenvalue weighted by Crippen LogP contribution is 2.43. The van der Waals surface area contributed by atoms with Gasteiger partial charge in [0.05, 0.1) is 21.2 Å². The van der Waals surface area contributed by atoms with E-state index in [1.807, 2.05) is 12.1 Å². The zero-order valence-electron chi connectivity index (χ0n) is 15.7. The Kier molecular flexibility index (Phi) is 6.80. The van der Waals surface area contributed by atoms with E-state index in [4.69, 9.17) is 23.4 Å². The van der Waals surface area contributed by atoms with Gasteiger partial charge in [0.15, 0.2) is 0 Å². The van der Waals surface area contributed by atoms with E-state index >= 15 is 0 Å². The minimum absolute atomic E-state index is 0.381. The predicted octanol–water partition coefficient (Wildman–Crippen LogP) is -1.19. The minimum atomic E-state index is -4.94. The lowest BCUT2D eigenvalue weighted by Gasteiger charge is -2.42. The van der Waals surface area contributed by atoms with Gasteiger partial charge in [0.2, 0.25) is 0 Å². The van der Waals surface area contributed by atoms with Crippen molar-refractivity contribution in [1.29, 1.82) is 0 Å². The number of methoxy groups -OCH3 is 1. The van der Waals surface area contributed by atoms with Gasteiger partial charge in [0.25, 0.3) is 5.84 Å². The number of amidine groups is 1. The van der Waals surface area contributed by atoms with Gasteiger partial charge in [-0.25, -0.2) is 23.5 Å². The van der Waals surface area contributed by atoms with E-state index < -0.39 is 10.2 Å². The Labute approximate surface area is 161 Å². The third-order valence-corrected chi connectivity index (χ3v) is 4.36. The van der Waals surface area contributed by atoms with Crippen molar-refractivity contribution in [3.05, 3.63) is 60.2 Å². The molecule has 2 aromatic carbocycles. The van der Waals surface area contributed by atoms with Crippen LogP contribution in [0.25, 0.3) is 0 Å². The summed E-state index contributed by atoms with van der Waals surface area (Å²) in [6.45, 7) is 2.30. The maximum atomic E-state index is 8.49. The molecule has 2 atom stereocenters. The number of rotatable bonds is 3. The minimum Gasteiger partial charge on any atom is -0.497 e. The van der Waals surface area contributed by atoms with Crippen LogP contribution < -0.4 is 28.3 Å². The number of hydrogen-bond donors (Lipinski definition) is 0. The van der Waals surface area contributed by atoms with Crippen LogP contribution in [-0.2, 0) is 0 Å². The van der Waals surface area contributed by atoms with Gasteiger partial charge >= 0.3 is 0 Å². The zero-order valence-corrected chi connectivity index (χ0v) is 16.4. The molecule has 0 amide bonds. The SMILES string of the molecule is COc1ccc(N2C(=[N+](C)C)[C@@H](C)[C@H]2c2ccccc2)cc1.[O-][Cl+3]([O-])([O-])[O-]. The third-order valence-electron chi connectivity index (χ3n) is 4.36. The van der Waals surface area contributed by atoms with Crippen molar-refractivity contribution in [2.75, 3.05) is 26.1 Å². The third kappa shape index (κ3) is 5.41. The fourth-order valence-electron chi connectivity index (χ4n) is 3.39. The Balaban J connectivity index is 0.000000465. The second-order valence-electron chi connectivity index (χ2n) is 6.34. The first-order valence-electron chi connectivity index (χ1n) is 8.27. The summed E-state index contributed by atoms with van der Waals surface area (Å²) in [4.78, 5) is 2.42. The van der Waals surface area contributed by atoms with Gasteiger partial charge < -0.3 is 4.74 Å². The van der Waals surface area contributed by atoms with Crippen LogP contribution >= 0.6 is 0 Å². The molecule has 8 heteroatoms. The first kappa shape index (κ1) is 21.1. The number of ether oxygens (including phenoxy) is 1. The number of hydrogen-bond acceptors (Lipinski definition) is 5. The average Bonchev–Trinajstić information content (AvgIpc) is 2.59. The van der Waals surface area contributed by atoms with E-state index in [0.717, 1.165) is 5.75 Å². The normalized spacial score (nSPS) is 19.0. The molecule has 7 nitrogen and oxygen atoms in total. The van der Waals surface area contributed by atoms with E-state index in [1.165, 1.54) is 17.1 Å². The summed E-state index contributed by atoms with van der Waals surface area (Å²) >= 11 is 0. The number of nitrogens with zero attached hydrogens (tertiary/aromatic N) is 2. The van der Waals surface area contributed by atoms with E-state index in [1.54, 1.807) is 7.11 Å². The maximum Gasteiger partial charge on any atom is 0.259 e. The van der Waals surface area contributed by atoms with Crippen LogP contribution in [0.2, 0.25) is 0 Å². The van der Waals surface area contributed by atoms with Gasteiger partial charge in [-0.3, -0.25) is 4.58 Å². The van der Waals surface area contributed by atoms with Crippen LogP contribution in [0, 0.1) is 16.2 Å². The molecule has 146 valence electrons. The van der Waals surface area contributed by atoms with Crippen LogP contribution in [0.15, 0.2) is 54.6 Å². The zero-order chi connectivity index (χ0) is 20.2. The largest absolute Gasteiger partial charge is 0.497 e. The highest BCUT2D eigenvalue weighted by molar-refractivity contribution is 6.03. The molecule has 0 unspecified atom stereocenters. The fraction of sp³-hybridized carbons (Fsp3) is 0.316. The molecule has 27 heavy (non-hydrogen) atoms. The van der Waals surface area contributed by atoms with Crippen molar-refractivity contribution in [1.82, 2.24) is 0 Å². The Hall–Kier alpha value is -2.16. The van der Waals surface area contributed by atoms with Gasteiger partial charge in [-0.05, 0) is 36.8 Å². The maximum absolute atomic E-state index is 8.49. The van der Waals surface area contributed by atoms with Crippen LogP contribution in [0.4, 0.5) is 5.69 Å². The lowest BCUT2D eigenvalue weighted by atomic mass is 9.82. The van der Waals surface area contributed by atoms with E-state index in [2.05, 4.69) is 73.0 Å². The van der Waals surface area contributed by atoms with E-state index in [0.29, 0.717) is 12.0 Å². The summed E-state index contributed by atoms with van der Waals surface area (Å²) in [5.74, 6) is 2.73.